The van der Waals surface area contributed by atoms with E-state index in [4.69, 9.17) is 13.9 Å². The van der Waals surface area contributed by atoms with Gasteiger partial charge in [0.15, 0.2) is 17.6 Å². The van der Waals surface area contributed by atoms with Gasteiger partial charge in [0.2, 0.25) is 5.89 Å². The van der Waals surface area contributed by atoms with Crippen molar-refractivity contribution >= 4 is 12.0 Å². The van der Waals surface area contributed by atoms with Crippen LogP contribution in [0.15, 0.2) is 28.7 Å². The molecule has 1 atom stereocenters. The van der Waals surface area contributed by atoms with Crippen LogP contribution in [-0.2, 0) is 9.53 Å². The Morgan fingerprint density at radius 3 is 2.64 bits per heavy atom. The van der Waals surface area contributed by atoms with Gasteiger partial charge in [0.05, 0.1) is 7.11 Å². The summed E-state index contributed by atoms with van der Waals surface area (Å²) in [6, 6.07) is 4.26. The molecule has 1 aromatic carbocycles. The lowest BCUT2D eigenvalue weighted by Crippen LogP contribution is -2.06. The lowest BCUT2D eigenvalue weighted by molar-refractivity contribution is -0.143. The number of ether oxygens (including phenoxy) is 3. The van der Waals surface area contributed by atoms with E-state index in [1.54, 1.807) is 13.8 Å². The standard InChI is InChI=1S/C16H16F2N2O5/c1-9(15-20-19-10(2)24-15)23-14(21)7-5-11-4-6-12(25-16(17)18)13(8-11)22-3/h4-9,16H,1-3H3/b7-5+. The second-order valence-corrected chi connectivity index (χ2v) is 4.86. The van der Waals surface area contributed by atoms with Crippen LogP contribution in [0.1, 0.15) is 30.4 Å². The molecule has 0 N–H and O–H groups in total. The largest absolute Gasteiger partial charge is 0.493 e. The molecule has 9 heteroatoms. The Morgan fingerprint density at radius 1 is 1.28 bits per heavy atom. The van der Waals surface area contributed by atoms with Crippen LogP contribution in [0.2, 0.25) is 0 Å². The summed E-state index contributed by atoms with van der Waals surface area (Å²) in [6.07, 6.45) is 1.93. The molecule has 0 aliphatic heterocycles. The molecule has 0 fully saturated rings. The first-order chi connectivity index (χ1) is 11.9. The number of hydrogen-bond donors (Lipinski definition) is 0. The normalized spacial score (nSPS) is 12.4. The molecule has 1 heterocycles. The van der Waals surface area contributed by atoms with Crippen molar-refractivity contribution in [1.29, 1.82) is 0 Å². The minimum absolute atomic E-state index is 0.0994. The number of esters is 1. The molecular formula is C16H16F2N2O5. The highest BCUT2D eigenvalue weighted by molar-refractivity contribution is 5.87. The van der Waals surface area contributed by atoms with Gasteiger partial charge >= 0.3 is 12.6 Å². The van der Waals surface area contributed by atoms with Gasteiger partial charge < -0.3 is 18.6 Å². The highest BCUT2D eigenvalue weighted by atomic mass is 19.3. The number of methoxy groups -OCH3 is 1. The van der Waals surface area contributed by atoms with Gasteiger partial charge in [0.25, 0.3) is 5.89 Å². The maximum atomic E-state index is 12.3. The van der Waals surface area contributed by atoms with E-state index in [1.165, 1.54) is 37.5 Å². The SMILES string of the molecule is COc1cc(/C=C/C(=O)OC(C)c2nnc(C)o2)ccc1OC(F)F. The van der Waals surface area contributed by atoms with Crippen LogP contribution in [0.25, 0.3) is 6.08 Å². The minimum Gasteiger partial charge on any atom is -0.493 e. The van der Waals surface area contributed by atoms with Crippen LogP contribution < -0.4 is 9.47 Å². The van der Waals surface area contributed by atoms with Gasteiger partial charge in [-0.3, -0.25) is 0 Å². The van der Waals surface area contributed by atoms with Gasteiger partial charge in [0, 0.05) is 13.0 Å². The zero-order valence-corrected chi connectivity index (χ0v) is 13.7. The highest BCUT2D eigenvalue weighted by Gasteiger charge is 2.16. The van der Waals surface area contributed by atoms with Gasteiger partial charge in [0.1, 0.15) is 0 Å². The monoisotopic (exact) mass is 354 g/mol. The number of halogens is 2. The van der Waals surface area contributed by atoms with Gasteiger partial charge in [-0.1, -0.05) is 6.07 Å². The second kappa shape index (κ2) is 8.22. The van der Waals surface area contributed by atoms with Crippen LogP contribution in [0.5, 0.6) is 11.5 Å². The maximum absolute atomic E-state index is 12.3. The third-order valence-electron chi connectivity index (χ3n) is 3.00. The Hall–Kier alpha value is -2.97. The molecule has 1 unspecified atom stereocenters. The van der Waals surface area contributed by atoms with Crippen molar-refractivity contribution in [2.45, 2.75) is 26.6 Å². The number of aromatic nitrogens is 2. The van der Waals surface area contributed by atoms with E-state index in [1.807, 2.05) is 0 Å². The average Bonchev–Trinajstić information content (AvgIpc) is 3.00. The predicted octanol–water partition coefficient (Wildman–Crippen LogP) is 3.31. The Morgan fingerprint density at radius 2 is 2.04 bits per heavy atom. The third kappa shape index (κ3) is 5.27. The summed E-state index contributed by atoms with van der Waals surface area (Å²) in [5.41, 5.74) is 0.539. The molecule has 7 nitrogen and oxygen atoms in total. The molecule has 0 saturated heterocycles. The lowest BCUT2D eigenvalue weighted by atomic mass is 10.2. The van der Waals surface area contributed by atoms with E-state index in [0.717, 1.165) is 0 Å². The molecule has 0 radical (unpaired) electrons. The average molecular weight is 354 g/mol. The molecule has 2 rings (SSSR count). The van der Waals surface area contributed by atoms with Gasteiger partial charge in [-0.25, -0.2) is 4.79 Å². The first-order valence-corrected chi connectivity index (χ1v) is 7.20. The molecule has 0 aliphatic rings. The number of benzene rings is 1. The molecule has 2 aromatic rings. The summed E-state index contributed by atoms with van der Waals surface area (Å²) in [6.45, 7) is 0.262. The van der Waals surface area contributed by atoms with Crippen molar-refractivity contribution in [3.05, 3.63) is 41.6 Å². The first-order valence-electron chi connectivity index (χ1n) is 7.20. The van der Waals surface area contributed by atoms with Crippen molar-refractivity contribution < 1.29 is 32.2 Å². The molecule has 25 heavy (non-hydrogen) atoms. The number of rotatable bonds is 7. The van der Waals surface area contributed by atoms with Crippen LogP contribution in [-0.4, -0.2) is 29.9 Å². The summed E-state index contributed by atoms with van der Waals surface area (Å²) in [5, 5.41) is 7.41. The van der Waals surface area contributed by atoms with Crippen molar-refractivity contribution in [3.63, 3.8) is 0 Å². The fourth-order valence-corrected chi connectivity index (χ4v) is 1.89. The Bertz CT molecular complexity index is 761. The van der Waals surface area contributed by atoms with E-state index in [9.17, 15) is 13.6 Å². The van der Waals surface area contributed by atoms with E-state index in [2.05, 4.69) is 14.9 Å². The summed E-state index contributed by atoms with van der Waals surface area (Å²) in [4.78, 5) is 11.8. The number of carbonyl (C=O) groups excluding carboxylic acids is 1. The first kappa shape index (κ1) is 18.4. The Balaban J connectivity index is 2.01. The van der Waals surface area contributed by atoms with E-state index in [-0.39, 0.29) is 17.4 Å². The zero-order chi connectivity index (χ0) is 18.4. The third-order valence-corrected chi connectivity index (χ3v) is 3.00. The van der Waals surface area contributed by atoms with Crippen LogP contribution in [0.4, 0.5) is 8.78 Å². The van der Waals surface area contributed by atoms with Crippen molar-refractivity contribution in [3.8, 4) is 11.5 Å². The fraction of sp³-hybridized carbons (Fsp3) is 0.312. The minimum atomic E-state index is -2.96. The molecule has 0 amide bonds. The number of nitrogens with zero attached hydrogens (tertiary/aromatic N) is 2. The molecule has 0 saturated carbocycles. The van der Waals surface area contributed by atoms with E-state index >= 15 is 0 Å². The van der Waals surface area contributed by atoms with E-state index < -0.39 is 18.7 Å². The number of hydrogen-bond acceptors (Lipinski definition) is 7. The summed E-state index contributed by atoms with van der Waals surface area (Å²) in [7, 11) is 1.32. The lowest BCUT2D eigenvalue weighted by Gasteiger charge is -2.10. The predicted molar refractivity (Wildman–Crippen MR) is 82.2 cm³/mol. The van der Waals surface area contributed by atoms with Gasteiger partial charge in [-0.05, 0) is 30.7 Å². The number of aryl methyl sites for hydroxylation is 1. The molecular weight excluding hydrogens is 338 g/mol. The van der Waals surface area contributed by atoms with E-state index in [0.29, 0.717) is 11.5 Å². The highest BCUT2D eigenvalue weighted by Crippen LogP contribution is 2.29. The van der Waals surface area contributed by atoms with Crippen molar-refractivity contribution in [1.82, 2.24) is 10.2 Å². The van der Waals surface area contributed by atoms with Crippen LogP contribution in [0.3, 0.4) is 0 Å². The summed E-state index contributed by atoms with van der Waals surface area (Å²) < 4.78 is 44.2. The van der Waals surface area contributed by atoms with Gasteiger partial charge in [-0.15, -0.1) is 10.2 Å². The van der Waals surface area contributed by atoms with Crippen molar-refractivity contribution in [2.24, 2.45) is 0 Å². The van der Waals surface area contributed by atoms with Crippen LogP contribution >= 0.6 is 0 Å². The molecule has 134 valence electrons. The van der Waals surface area contributed by atoms with Crippen molar-refractivity contribution in [2.75, 3.05) is 7.11 Å². The number of alkyl halides is 2. The van der Waals surface area contributed by atoms with Crippen LogP contribution in [0, 0.1) is 6.92 Å². The Kier molecular flexibility index (Phi) is 6.04. The fourth-order valence-electron chi connectivity index (χ4n) is 1.89. The molecule has 0 aliphatic carbocycles. The molecule has 0 bridgehead atoms. The second-order valence-electron chi connectivity index (χ2n) is 4.86. The zero-order valence-electron chi connectivity index (χ0n) is 13.7. The van der Waals surface area contributed by atoms with Gasteiger partial charge in [-0.2, -0.15) is 8.78 Å². The maximum Gasteiger partial charge on any atom is 0.387 e. The quantitative estimate of drug-likeness (QED) is 0.557. The summed E-state index contributed by atoms with van der Waals surface area (Å²) >= 11 is 0. The topological polar surface area (TPSA) is 83.7 Å². The summed E-state index contributed by atoms with van der Waals surface area (Å²) in [5.74, 6) is -0.0561. The Labute approximate surface area is 142 Å². The molecule has 0 spiro atoms. The smallest absolute Gasteiger partial charge is 0.387 e. The molecule has 1 aromatic heterocycles. The number of carbonyl (C=O) groups is 1.